The smallest absolute Gasteiger partial charge is 0.313 e. The molecule has 1 fully saturated rings. The van der Waals surface area contributed by atoms with Crippen LogP contribution in [0.4, 0.5) is 0 Å². The molecule has 1 aliphatic heterocycles. The number of carboxylic acid groups (broad SMARTS) is 1. The molecule has 0 aromatic carbocycles. The average molecular weight is 245 g/mol. The fourth-order valence-electron chi connectivity index (χ4n) is 1.56. The van der Waals surface area contributed by atoms with Gasteiger partial charge in [-0.3, -0.25) is 9.59 Å². The van der Waals surface area contributed by atoms with Crippen molar-refractivity contribution in [1.29, 1.82) is 0 Å². The minimum atomic E-state index is -1.06. The van der Waals surface area contributed by atoms with Gasteiger partial charge in [0.05, 0.1) is 25.4 Å². The summed E-state index contributed by atoms with van der Waals surface area (Å²) in [7, 11) is 0. The number of ether oxygens (including phenoxy) is 2. The van der Waals surface area contributed by atoms with Gasteiger partial charge in [-0.25, -0.2) is 0 Å². The lowest BCUT2D eigenvalue weighted by Crippen LogP contribution is -2.50. The van der Waals surface area contributed by atoms with E-state index in [9.17, 15) is 9.59 Å². The monoisotopic (exact) mass is 245 g/mol. The molecule has 17 heavy (non-hydrogen) atoms. The summed E-state index contributed by atoms with van der Waals surface area (Å²) in [6.45, 7) is 5.48. The van der Waals surface area contributed by atoms with Crippen LogP contribution in [-0.2, 0) is 19.1 Å². The molecular formula is C11H19NO5. The Labute approximate surface area is 100 Å². The van der Waals surface area contributed by atoms with Gasteiger partial charge in [0.25, 0.3) is 0 Å². The first-order valence-corrected chi connectivity index (χ1v) is 5.58. The molecule has 0 aromatic rings. The molecule has 1 heterocycles. The normalized spacial score (nSPS) is 28.4. The predicted molar refractivity (Wildman–Crippen MR) is 59.6 cm³/mol. The summed E-state index contributed by atoms with van der Waals surface area (Å²) < 4.78 is 10.3. The van der Waals surface area contributed by atoms with E-state index >= 15 is 0 Å². The van der Waals surface area contributed by atoms with Crippen LogP contribution >= 0.6 is 0 Å². The molecule has 2 N–H and O–H groups in total. The van der Waals surface area contributed by atoms with Gasteiger partial charge >= 0.3 is 5.97 Å². The first-order valence-electron chi connectivity index (χ1n) is 5.58. The van der Waals surface area contributed by atoms with Crippen LogP contribution in [0.3, 0.4) is 0 Å². The van der Waals surface area contributed by atoms with Gasteiger partial charge in [0.2, 0.25) is 5.91 Å². The maximum absolute atomic E-state index is 11.5. The lowest BCUT2D eigenvalue weighted by molar-refractivity contribution is -0.149. The van der Waals surface area contributed by atoms with Crippen LogP contribution in [0.25, 0.3) is 0 Å². The van der Waals surface area contributed by atoms with Gasteiger partial charge in [-0.15, -0.1) is 0 Å². The number of hydrogen-bond acceptors (Lipinski definition) is 4. The Morgan fingerprint density at radius 1 is 1.59 bits per heavy atom. The minimum absolute atomic E-state index is 0.0357. The Hall–Kier alpha value is -1.14. The van der Waals surface area contributed by atoms with Gasteiger partial charge in [0.1, 0.15) is 12.0 Å². The molecule has 2 atom stereocenters. The van der Waals surface area contributed by atoms with E-state index in [4.69, 9.17) is 14.6 Å². The SMILES string of the molecule is CC(C)OCC(=O)NC1COCC1(C)C(=O)O. The van der Waals surface area contributed by atoms with Gasteiger partial charge < -0.3 is 19.9 Å². The third kappa shape index (κ3) is 3.41. The number of amides is 1. The highest BCUT2D eigenvalue weighted by atomic mass is 16.5. The van der Waals surface area contributed by atoms with Crippen molar-refractivity contribution in [2.24, 2.45) is 5.41 Å². The highest BCUT2D eigenvalue weighted by molar-refractivity contribution is 5.81. The van der Waals surface area contributed by atoms with E-state index in [1.54, 1.807) is 6.92 Å². The van der Waals surface area contributed by atoms with Crippen molar-refractivity contribution >= 4 is 11.9 Å². The van der Waals surface area contributed by atoms with E-state index in [1.807, 2.05) is 13.8 Å². The molecule has 6 heteroatoms. The molecular weight excluding hydrogens is 226 g/mol. The second-order valence-corrected chi connectivity index (χ2v) is 4.72. The number of aliphatic carboxylic acids is 1. The van der Waals surface area contributed by atoms with Crippen molar-refractivity contribution in [1.82, 2.24) is 5.32 Å². The zero-order valence-corrected chi connectivity index (χ0v) is 10.4. The van der Waals surface area contributed by atoms with Crippen molar-refractivity contribution in [2.45, 2.75) is 32.9 Å². The Kier molecular flexibility index (Phi) is 4.47. The van der Waals surface area contributed by atoms with E-state index in [1.165, 1.54) is 0 Å². The van der Waals surface area contributed by atoms with Crippen molar-refractivity contribution in [3.8, 4) is 0 Å². The summed E-state index contributed by atoms with van der Waals surface area (Å²) in [4.78, 5) is 22.6. The van der Waals surface area contributed by atoms with Crippen LogP contribution < -0.4 is 5.32 Å². The summed E-state index contributed by atoms with van der Waals surface area (Å²) in [6.07, 6.45) is -0.0357. The zero-order chi connectivity index (χ0) is 13.1. The Morgan fingerprint density at radius 2 is 2.24 bits per heavy atom. The predicted octanol–water partition coefficient (Wildman–Crippen LogP) is 0.0173. The maximum atomic E-state index is 11.5. The number of carboxylic acids is 1. The van der Waals surface area contributed by atoms with Crippen LogP contribution in [0.2, 0.25) is 0 Å². The summed E-state index contributed by atoms with van der Waals surface area (Å²) in [5, 5.41) is 11.7. The molecule has 1 saturated heterocycles. The summed E-state index contributed by atoms with van der Waals surface area (Å²) in [6, 6.07) is -0.511. The average Bonchev–Trinajstić information content (AvgIpc) is 2.59. The second-order valence-electron chi connectivity index (χ2n) is 4.72. The molecule has 0 spiro atoms. The van der Waals surface area contributed by atoms with E-state index in [0.717, 1.165) is 0 Å². The summed E-state index contributed by atoms with van der Waals surface area (Å²) in [5.41, 5.74) is -1.06. The molecule has 1 amide bonds. The molecule has 1 aliphatic rings. The molecule has 0 saturated carbocycles. The molecule has 2 unspecified atom stereocenters. The Morgan fingerprint density at radius 3 is 2.76 bits per heavy atom. The molecule has 0 aromatic heterocycles. The minimum Gasteiger partial charge on any atom is -0.481 e. The fraction of sp³-hybridized carbons (Fsp3) is 0.818. The molecule has 0 radical (unpaired) electrons. The standard InChI is InChI=1S/C11H19NO5/c1-7(2)17-5-9(13)12-8-4-16-6-11(8,3)10(14)15/h7-8H,4-6H2,1-3H3,(H,12,13)(H,14,15). The quantitative estimate of drug-likeness (QED) is 0.713. The van der Waals surface area contributed by atoms with Crippen molar-refractivity contribution in [3.05, 3.63) is 0 Å². The largest absolute Gasteiger partial charge is 0.481 e. The molecule has 1 rings (SSSR count). The molecule has 98 valence electrons. The Balaban J connectivity index is 2.50. The van der Waals surface area contributed by atoms with Gasteiger partial charge in [0, 0.05) is 0 Å². The topological polar surface area (TPSA) is 84.9 Å². The first kappa shape index (κ1) is 13.9. The molecule has 0 aliphatic carbocycles. The van der Waals surface area contributed by atoms with Crippen LogP contribution in [0.15, 0.2) is 0 Å². The number of rotatable bonds is 5. The van der Waals surface area contributed by atoms with E-state index in [0.29, 0.717) is 0 Å². The highest BCUT2D eigenvalue weighted by Gasteiger charge is 2.47. The third-order valence-electron chi connectivity index (χ3n) is 2.83. The molecule has 6 nitrogen and oxygen atoms in total. The van der Waals surface area contributed by atoms with Gasteiger partial charge in [-0.05, 0) is 20.8 Å². The third-order valence-corrected chi connectivity index (χ3v) is 2.83. The number of carbonyl (C=O) groups excluding carboxylic acids is 1. The van der Waals surface area contributed by atoms with Gasteiger partial charge in [-0.2, -0.15) is 0 Å². The van der Waals surface area contributed by atoms with Crippen molar-refractivity contribution < 1.29 is 24.2 Å². The fourth-order valence-corrected chi connectivity index (χ4v) is 1.56. The first-order chi connectivity index (χ1) is 7.86. The van der Waals surface area contributed by atoms with Gasteiger partial charge in [0.15, 0.2) is 0 Å². The van der Waals surface area contributed by atoms with Crippen molar-refractivity contribution in [3.63, 3.8) is 0 Å². The molecule has 0 bridgehead atoms. The number of nitrogens with one attached hydrogen (secondary N) is 1. The zero-order valence-electron chi connectivity index (χ0n) is 10.4. The van der Waals surface area contributed by atoms with Crippen LogP contribution in [-0.4, -0.2) is 48.9 Å². The van der Waals surface area contributed by atoms with Crippen LogP contribution in [0, 0.1) is 5.41 Å². The number of carbonyl (C=O) groups is 2. The lowest BCUT2D eigenvalue weighted by Gasteiger charge is -2.25. The maximum Gasteiger partial charge on any atom is 0.313 e. The van der Waals surface area contributed by atoms with Crippen LogP contribution in [0.5, 0.6) is 0 Å². The van der Waals surface area contributed by atoms with E-state index in [2.05, 4.69) is 5.32 Å². The lowest BCUT2D eigenvalue weighted by atomic mass is 9.85. The van der Waals surface area contributed by atoms with E-state index in [-0.39, 0.29) is 31.8 Å². The van der Waals surface area contributed by atoms with Gasteiger partial charge in [-0.1, -0.05) is 0 Å². The summed E-state index contributed by atoms with van der Waals surface area (Å²) >= 11 is 0. The van der Waals surface area contributed by atoms with E-state index < -0.39 is 17.4 Å². The number of hydrogen-bond donors (Lipinski definition) is 2. The Bertz CT molecular complexity index is 304. The van der Waals surface area contributed by atoms with Crippen LogP contribution in [0.1, 0.15) is 20.8 Å². The summed E-state index contributed by atoms with van der Waals surface area (Å²) in [5.74, 6) is -1.29. The van der Waals surface area contributed by atoms with Crippen molar-refractivity contribution in [2.75, 3.05) is 19.8 Å². The second kappa shape index (κ2) is 5.46. The highest BCUT2D eigenvalue weighted by Crippen LogP contribution is 2.28.